The Morgan fingerprint density at radius 1 is 1.30 bits per heavy atom. The Morgan fingerprint density at radius 2 is 2.00 bits per heavy atom. The van der Waals surface area contributed by atoms with E-state index in [0.717, 1.165) is 5.75 Å². The minimum atomic E-state index is -0.00885. The van der Waals surface area contributed by atoms with Gasteiger partial charge in [0.1, 0.15) is 12.4 Å². The van der Waals surface area contributed by atoms with Crippen LogP contribution in [-0.2, 0) is 11.4 Å². The molecule has 1 heterocycles. The maximum atomic E-state index is 12.0. The molecule has 3 rings (SSSR count). The molecular formula is C19H27N5O2S. The quantitative estimate of drug-likeness (QED) is 0.506. The molecule has 0 radical (unpaired) electrons. The van der Waals surface area contributed by atoms with E-state index in [1.807, 2.05) is 12.1 Å². The number of nitrogens with zero attached hydrogens (tertiary/aromatic N) is 3. The first-order valence-corrected chi connectivity index (χ1v) is 10.3. The number of nitrogens with two attached hydrogens (primary N) is 1. The Hall–Kier alpha value is -2.22. The zero-order valence-electron chi connectivity index (χ0n) is 16.0. The monoisotopic (exact) mass is 389 g/mol. The highest BCUT2D eigenvalue weighted by Crippen LogP contribution is 2.32. The molecule has 1 atom stereocenters. The third kappa shape index (κ3) is 5.38. The predicted molar refractivity (Wildman–Crippen MR) is 106 cm³/mol. The van der Waals surface area contributed by atoms with E-state index in [0.29, 0.717) is 22.8 Å². The van der Waals surface area contributed by atoms with Gasteiger partial charge in [-0.3, -0.25) is 4.79 Å². The lowest BCUT2D eigenvalue weighted by molar-refractivity contribution is -0.119. The van der Waals surface area contributed by atoms with Gasteiger partial charge in [0.05, 0.1) is 5.75 Å². The van der Waals surface area contributed by atoms with Gasteiger partial charge in [-0.25, -0.2) is 4.68 Å². The lowest BCUT2D eigenvalue weighted by Gasteiger charge is -2.12. The molecule has 7 nitrogen and oxygen atoms in total. The van der Waals surface area contributed by atoms with Gasteiger partial charge in [-0.1, -0.05) is 37.7 Å². The molecule has 8 heteroatoms. The van der Waals surface area contributed by atoms with Gasteiger partial charge in [0.25, 0.3) is 0 Å². The van der Waals surface area contributed by atoms with Gasteiger partial charge in [-0.15, -0.1) is 10.2 Å². The molecule has 1 aliphatic rings. The normalized spacial score (nSPS) is 15.0. The number of thioether (sulfide) groups is 1. The number of hydrogen-bond acceptors (Lipinski definition) is 6. The molecule has 0 saturated heterocycles. The number of nitrogen functional groups attached to an aromatic ring is 1. The summed E-state index contributed by atoms with van der Waals surface area (Å²) in [6, 6.07) is 8.21. The maximum absolute atomic E-state index is 12.0. The number of benzene rings is 1. The van der Waals surface area contributed by atoms with Crippen molar-refractivity contribution in [2.75, 3.05) is 11.6 Å². The summed E-state index contributed by atoms with van der Waals surface area (Å²) >= 11 is 1.27. The highest BCUT2D eigenvalue weighted by Gasteiger charge is 2.28. The van der Waals surface area contributed by atoms with Crippen molar-refractivity contribution in [1.82, 2.24) is 20.2 Å². The van der Waals surface area contributed by atoms with Gasteiger partial charge in [-0.05, 0) is 49.3 Å². The first-order chi connectivity index (χ1) is 12.9. The van der Waals surface area contributed by atoms with Gasteiger partial charge in [0, 0.05) is 6.04 Å². The summed E-state index contributed by atoms with van der Waals surface area (Å²) < 4.78 is 7.12. The lowest BCUT2D eigenvalue weighted by atomic mass is 10.0. The molecule has 0 spiro atoms. The molecule has 27 heavy (non-hydrogen) atoms. The fourth-order valence-electron chi connectivity index (χ4n) is 2.74. The molecule has 1 saturated carbocycles. The number of carbonyl (C=O) groups is 1. The van der Waals surface area contributed by atoms with E-state index < -0.39 is 0 Å². The molecule has 3 N–H and O–H groups in total. The SMILES string of the molecule is CC(C)c1ccc(OCc2nnc(SCC(=O)N[C@@H](C)C3CC3)n2N)cc1. The van der Waals surface area contributed by atoms with Crippen LogP contribution in [-0.4, -0.2) is 32.6 Å². The van der Waals surface area contributed by atoms with Crippen molar-refractivity contribution in [1.29, 1.82) is 0 Å². The summed E-state index contributed by atoms with van der Waals surface area (Å²) in [4.78, 5) is 12.0. The van der Waals surface area contributed by atoms with Crippen molar-refractivity contribution < 1.29 is 9.53 Å². The van der Waals surface area contributed by atoms with Crippen LogP contribution in [0, 0.1) is 5.92 Å². The minimum Gasteiger partial charge on any atom is -0.486 e. The number of nitrogens with one attached hydrogen (secondary N) is 1. The summed E-state index contributed by atoms with van der Waals surface area (Å²) in [7, 11) is 0. The van der Waals surface area contributed by atoms with Crippen LogP contribution in [0.1, 0.15) is 50.9 Å². The summed E-state index contributed by atoms with van der Waals surface area (Å²) in [5, 5.41) is 11.6. The van der Waals surface area contributed by atoms with E-state index in [4.69, 9.17) is 10.6 Å². The molecule has 1 aliphatic carbocycles. The van der Waals surface area contributed by atoms with Crippen LogP contribution in [0.25, 0.3) is 0 Å². The minimum absolute atomic E-state index is 0.00885. The van der Waals surface area contributed by atoms with E-state index in [1.54, 1.807) is 0 Å². The molecule has 0 bridgehead atoms. The summed E-state index contributed by atoms with van der Waals surface area (Å²) in [6.07, 6.45) is 2.41. The van der Waals surface area contributed by atoms with E-state index in [1.165, 1.54) is 34.8 Å². The third-order valence-corrected chi connectivity index (χ3v) is 5.64. The second-order valence-electron chi connectivity index (χ2n) is 7.26. The van der Waals surface area contributed by atoms with Crippen molar-refractivity contribution in [2.24, 2.45) is 5.92 Å². The summed E-state index contributed by atoms with van der Waals surface area (Å²) in [5.41, 5.74) is 1.26. The zero-order chi connectivity index (χ0) is 19.4. The second-order valence-corrected chi connectivity index (χ2v) is 8.21. The highest BCUT2D eigenvalue weighted by molar-refractivity contribution is 7.99. The number of amides is 1. The van der Waals surface area contributed by atoms with Crippen molar-refractivity contribution in [2.45, 2.75) is 57.3 Å². The molecule has 1 amide bonds. The molecular weight excluding hydrogens is 362 g/mol. The Balaban J connectivity index is 1.48. The maximum Gasteiger partial charge on any atom is 0.230 e. The van der Waals surface area contributed by atoms with Crippen LogP contribution in [0.2, 0.25) is 0 Å². The van der Waals surface area contributed by atoms with Gasteiger partial charge >= 0.3 is 0 Å². The molecule has 1 aromatic carbocycles. The predicted octanol–water partition coefficient (Wildman–Crippen LogP) is 2.70. The first kappa shape index (κ1) is 19.5. The van der Waals surface area contributed by atoms with E-state index in [-0.39, 0.29) is 24.3 Å². The number of hydrogen-bond donors (Lipinski definition) is 2. The van der Waals surface area contributed by atoms with Crippen molar-refractivity contribution in [3.63, 3.8) is 0 Å². The average molecular weight is 390 g/mol. The molecule has 146 valence electrons. The fraction of sp³-hybridized carbons (Fsp3) is 0.526. The smallest absolute Gasteiger partial charge is 0.230 e. The van der Waals surface area contributed by atoms with Gasteiger partial charge < -0.3 is 15.9 Å². The van der Waals surface area contributed by atoms with E-state index in [9.17, 15) is 4.79 Å². The Bertz CT molecular complexity index is 771. The van der Waals surface area contributed by atoms with Crippen LogP contribution >= 0.6 is 11.8 Å². The largest absolute Gasteiger partial charge is 0.486 e. The van der Waals surface area contributed by atoms with Gasteiger partial charge in [-0.2, -0.15) is 0 Å². The zero-order valence-corrected chi connectivity index (χ0v) is 16.8. The van der Waals surface area contributed by atoms with Crippen LogP contribution in [0.15, 0.2) is 29.4 Å². The van der Waals surface area contributed by atoms with Gasteiger partial charge in [0.15, 0.2) is 5.82 Å². The van der Waals surface area contributed by atoms with Crippen molar-refractivity contribution >= 4 is 17.7 Å². The highest BCUT2D eigenvalue weighted by atomic mass is 32.2. The van der Waals surface area contributed by atoms with Gasteiger partial charge in [0.2, 0.25) is 11.1 Å². The summed E-state index contributed by atoms with van der Waals surface area (Å²) in [6.45, 7) is 6.57. The van der Waals surface area contributed by atoms with E-state index >= 15 is 0 Å². The molecule has 1 fully saturated rings. The standard InChI is InChI=1S/C19H27N5O2S/c1-12(2)14-6-8-16(9-7-14)26-10-17-22-23-19(24(17)20)27-11-18(25)21-13(3)15-4-5-15/h6-9,12-13,15H,4-5,10-11,20H2,1-3H3,(H,21,25)/t13-/m0/s1. The van der Waals surface area contributed by atoms with Crippen LogP contribution < -0.4 is 15.9 Å². The first-order valence-electron chi connectivity index (χ1n) is 9.28. The molecule has 2 aromatic rings. The number of aromatic nitrogens is 3. The lowest BCUT2D eigenvalue weighted by Crippen LogP contribution is -2.35. The number of ether oxygens (including phenoxy) is 1. The molecule has 0 aliphatic heterocycles. The van der Waals surface area contributed by atoms with Crippen LogP contribution in [0.4, 0.5) is 0 Å². The van der Waals surface area contributed by atoms with Crippen LogP contribution in [0.3, 0.4) is 0 Å². The fourth-order valence-corrected chi connectivity index (χ4v) is 3.43. The summed E-state index contributed by atoms with van der Waals surface area (Å²) in [5.74, 6) is 8.68. The van der Waals surface area contributed by atoms with Crippen molar-refractivity contribution in [3.8, 4) is 5.75 Å². The average Bonchev–Trinajstić information content (AvgIpc) is 3.44. The Morgan fingerprint density at radius 3 is 2.63 bits per heavy atom. The van der Waals surface area contributed by atoms with Crippen LogP contribution in [0.5, 0.6) is 5.75 Å². The molecule has 1 aromatic heterocycles. The number of rotatable bonds is 9. The second kappa shape index (κ2) is 8.65. The van der Waals surface area contributed by atoms with E-state index in [2.05, 4.69) is 48.4 Å². The Kier molecular flexibility index (Phi) is 6.26. The number of carbonyl (C=O) groups excluding carboxylic acids is 1. The third-order valence-electron chi connectivity index (χ3n) is 4.70. The Labute approximate surface area is 164 Å². The molecule has 0 unspecified atom stereocenters. The topological polar surface area (TPSA) is 95.1 Å². The van der Waals surface area contributed by atoms with Crippen molar-refractivity contribution in [3.05, 3.63) is 35.7 Å².